The third kappa shape index (κ3) is 4.29. The lowest BCUT2D eigenvalue weighted by molar-refractivity contribution is 0.607. The van der Waals surface area contributed by atoms with Crippen LogP contribution in [0.3, 0.4) is 0 Å². The van der Waals surface area contributed by atoms with Crippen molar-refractivity contribution in [3.63, 3.8) is 0 Å². The van der Waals surface area contributed by atoms with Crippen LogP contribution in [0.4, 0.5) is 4.39 Å². The maximum Gasteiger partial charge on any atom is 0.191 e. The first kappa shape index (κ1) is 20.6. The number of nitrogens with one attached hydrogen (secondary N) is 2. The molecule has 1 saturated carbocycles. The molecule has 0 atom stereocenters. The molecule has 1 aliphatic carbocycles. The van der Waals surface area contributed by atoms with E-state index in [2.05, 4.69) is 38.0 Å². The zero-order chi connectivity index (χ0) is 18.9. The van der Waals surface area contributed by atoms with Crippen LogP contribution in [0.25, 0.3) is 5.65 Å². The van der Waals surface area contributed by atoms with Gasteiger partial charge in [-0.05, 0) is 49.6 Å². The number of imidazole rings is 1. The molecule has 2 N–H and O–H groups in total. The molecule has 1 fully saturated rings. The summed E-state index contributed by atoms with van der Waals surface area (Å²) < 4.78 is 15.6. The Morgan fingerprint density at radius 3 is 2.68 bits per heavy atom. The molecule has 5 nitrogen and oxygen atoms in total. The maximum atomic E-state index is 13.5. The summed E-state index contributed by atoms with van der Waals surface area (Å²) in [5, 5.41) is 6.71. The van der Waals surface area contributed by atoms with Gasteiger partial charge in [-0.15, -0.1) is 24.0 Å². The number of guanidine groups is 1. The van der Waals surface area contributed by atoms with Crippen molar-refractivity contribution in [3.8, 4) is 0 Å². The molecule has 0 unspecified atom stereocenters. The minimum absolute atomic E-state index is 0. The van der Waals surface area contributed by atoms with Crippen LogP contribution < -0.4 is 10.6 Å². The van der Waals surface area contributed by atoms with Crippen molar-refractivity contribution in [2.75, 3.05) is 13.6 Å². The first-order chi connectivity index (χ1) is 13.1. The summed E-state index contributed by atoms with van der Waals surface area (Å²) >= 11 is 0. The molecule has 2 heterocycles. The first-order valence-electron chi connectivity index (χ1n) is 9.24. The number of aromatic nitrogens is 2. The van der Waals surface area contributed by atoms with E-state index in [1.165, 1.54) is 6.07 Å². The lowest BCUT2D eigenvalue weighted by Crippen LogP contribution is -2.41. The molecule has 1 aromatic carbocycles. The summed E-state index contributed by atoms with van der Waals surface area (Å²) in [7, 11) is 1.75. The number of fused-ring (bicyclic) bond motifs is 1. The van der Waals surface area contributed by atoms with Crippen molar-refractivity contribution in [2.45, 2.75) is 31.7 Å². The minimum Gasteiger partial charge on any atom is -0.356 e. The molecule has 0 aliphatic heterocycles. The Labute approximate surface area is 181 Å². The van der Waals surface area contributed by atoms with Gasteiger partial charge in [-0.1, -0.05) is 18.2 Å². The Morgan fingerprint density at radius 2 is 2.00 bits per heavy atom. The van der Waals surface area contributed by atoms with Crippen LogP contribution in [0.2, 0.25) is 0 Å². The van der Waals surface area contributed by atoms with E-state index >= 15 is 0 Å². The molecular weight excluding hydrogens is 468 g/mol. The van der Waals surface area contributed by atoms with Gasteiger partial charge in [0.25, 0.3) is 0 Å². The van der Waals surface area contributed by atoms with Gasteiger partial charge < -0.3 is 15.0 Å². The average molecular weight is 493 g/mol. The van der Waals surface area contributed by atoms with Crippen molar-refractivity contribution >= 4 is 35.6 Å². The van der Waals surface area contributed by atoms with E-state index in [1.54, 1.807) is 19.2 Å². The van der Waals surface area contributed by atoms with Crippen LogP contribution in [-0.2, 0) is 12.0 Å². The van der Waals surface area contributed by atoms with Gasteiger partial charge in [-0.25, -0.2) is 9.37 Å². The standard InChI is InChI=1S/C21H24FN5.HI/c1-15-5-3-8-19-26-18(13-27(15)19)12-24-20(23-2)25-14-21(9-10-21)16-6-4-7-17(22)11-16;/h3-8,11,13H,9-10,12,14H2,1-2H3,(H2,23,24,25);1H. The van der Waals surface area contributed by atoms with Gasteiger partial charge in [0.2, 0.25) is 0 Å². The van der Waals surface area contributed by atoms with E-state index in [-0.39, 0.29) is 35.2 Å². The lowest BCUT2D eigenvalue weighted by Gasteiger charge is -2.19. The molecule has 28 heavy (non-hydrogen) atoms. The van der Waals surface area contributed by atoms with Gasteiger partial charge in [-0.3, -0.25) is 4.99 Å². The third-order valence-corrected chi connectivity index (χ3v) is 5.29. The third-order valence-electron chi connectivity index (χ3n) is 5.29. The summed E-state index contributed by atoms with van der Waals surface area (Å²) in [6, 6.07) is 13.0. The monoisotopic (exact) mass is 493 g/mol. The fourth-order valence-electron chi connectivity index (χ4n) is 3.47. The molecule has 0 spiro atoms. The molecule has 0 radical (unpaired) electrons. The lowest BCUT2D eigenvalue weighted by atomic mass is 9.96. The number of nitrogens with zero attached hydrogens (tertiary/aromatic N) is 3. The predicted octanol–water partition coefficient (Wildman–Crippen LogP) is 3.80. The fourth-order valence-corrected chi connectivity index (χ4v) is 3.47. The summed E-state index contributed by atoms with van der Waals surface area (Å²) in [6.07, 6.45) is 4.17. The molecule has 0 amide bonds. The Bertz CT molecular complexity index is 993. The SMILES string of the molecule is CN=C(NCc1cn2c(C)cccc2n1)NCC1(c2cccc(F)c2)CC1.I. The number of hydrogen-bond donors (Lipinski definition) is 2. The topological polar surface area (TPSA) is 53.7 Å². The second kappa shape index (κ2) is 8.46. The van der Waals surface area contributed by atoms with E-state index in [1.807, 2.05) is 24.4 Å². The smallest absolute Gasteiger partial charge is 0.191 e. The Morgan fingerprint density at radius 1 is 1.21 bits per heavy atom. The number of benzene rings is 1. The number of halogens is 2. The number of pyridine rings is 1. The highest BCUT2D eigenvalue weighted by atomic mass is 127. The zero-order valence-corrected chi connectivity index (χ0v) is 18.4. The zero-order valence-electron chi connectivity index (χ0n) is 16.1. The molecular formula is C21H25FIN5. The number of rotatable bonds is 5. The van der Waals surface area contributed by atoms with Crippen LogP contribution in [0.1, 0.15) is 29.8 Å². The predicted molar refractivity (Wildman–Crippen MR) is 121 cm³/mol. The average Bonchev–Trinajstić information content (AvgIpc) is 3.34. The summed E-state index contributed by atoms with van der Waals surface area (Å²) in [6.45, 7) is 3.39. The van der Waals surface area contributed by atoms with E-state index in [0.29, 0.717) is 6.54 Å². The molecule has 2 aromatic heterocycles. The molecule has 0 saturated heterocycles. The normalized spacial score (nSPS) is 15.2. The highest BCUT2D eigenvalue weighted by Crippen LogP contribution is 2.47. The van der Waals surface area contributed by atoms with E-state index < -0.39 is 0 Å². The molecule has 7 heteroatoms. The summed E-state index contributed by atoms with van der Waals surface area (Å²) in [4.78, 5) is 8.94. The van der Waals surface area contributed by atoms with Gasteiger partial charge >= 0.3 is 0 Å². The van der Waals surface area contributed by atoms with Crippen LogP contribution in [-0.4, -0.2) is 28.9 Å². The molecule has 148 valence electrons. The Kier molecular flexibility index (Phi) is 6.22. The van der Waals surface area contributed by atoms with E-state index in [9.17, 15) is 4.39 Å². The number of hydrogen-bond acceptors (Lipinski definition) is 2. The highest BCUT2D eigenvalue weighted by molar-refractivity contribution is 14.0. The van der Waals surface area contributed by atoms with Crippen LogP contribution in [0.5, 0.6) is 0 Å². The number of aryl methyl sites for hydroxylation is 1. The van der Waals surface area contributed by atoms with Crippen molar-refractivity contribution in [1.82, 2.24) is 20.0 Å². The minimum atomic E-state index is -0.177. The Hall–Kier alpha value is -2.16. The van der Waals surface area contributed by atoms with Crippen LogP contribution in [0.15, 0.2) is 53.7 Å². The second-order valence-corrected chi connectivity index (χ2v) is 7.20. The van der Waals surface area contributed by atoms with Gasteiger partial charge in [0.05, 0.1) is 12.2 Å². The number of aliphatic imine (C=N–C) groups is 1. The Balaban J connectivity index is 0.00000225. The van der Waals surface area contributed by atoms with Gasteiger partial charge in [0.15, 0.2) is 5.96 Å². The van der Waals surface area contributed by atoms with E-state index in [4.69, 9.17) is 0 Å². The summed E-state index contributed by atoms with van der Waals surface area (Å²) in [5.74, 6) is 0.551. The maximum absolute atomic E-state index is 13.5. The molecule has 0 bridgehead atoms. The van der Waals surface area contributed by atoms with Crippen molar-refractivity contribution in [3.05, 3.63) is 71.4 Å². The molecule has 1 aliphatic rings. The quantitative estimate of drug-likeness (QED) is 0.323. The van der Waals surface area contributed by atoms with Crippen molar-refractivity contribution < 1.29 is 4.39 Å². The van der Waals surface area contributed by atoms with Gasteiger partial charge in [0, 0.05) is 30.9 Å². The molecule has 3 aromatic rings. The van der Waals surface area contributed by atoms with Gasteiger partial charge in [0.1, 0.15) is 11.5 Å². The van der Waals surface area contributed by atoms with Crippen LogP contribution in [0, 0.1) is 12.7 Å². The van der Waals surface area contributed by atoms with Gasteiger partial charge in [-0.2, -0.15) is 0 Å². The van der Waals surface area contributed by atoms with Crippen molar-refractivity contribution in [1.29, 1.82) is 0 Å². The molecule has 4 rings (SSSR count). The van der Waals surface area contributed by atoms with E-state index in [0.717, 1.165) is 47.9 Å². The van der Waals surface area contributed by atoms with Crippen LogP contribution >= 0.6 is 24.0 Å². The largest absolute Gasteiger partial charge is 0.356 e. The highest BCUT2D eigenvalue weighted by Gasteiger charge is 2.44. The first-order valence-corrected chi connectivity index (χ1v) is 9.24. The van der Waals surface area contributed by atoms with Crippen molar-refractivity contribution in [2.24, 2.45) is 4.99 Å². The fraction of sp³-hybridized carbons (Fsp3) is 0.333. The summed E-state index contributed by atoms with van der Waals surface area (Å²) in [5.41, 5.74) is 4.12. The second-order valence-electron chi connectivity index (χ2n) is 7.20.